The van der Waals surface area contributed by atoms with Gasteiger partial charge in [-0.15, -0.1) is 0 Å². The number of ether oxygens (including phenoxy) is 2. The summed E-state index contributed by atoms with van der Waals surface area (Å²) in [7, 11) is 14.4. The number of hydrogen-bond donors (Lipinski definition) is 12. The maximum atomic E-state index is 12.1. The Morgan fingerprint density at radius 1 is 0.574 bits per heavy atom. The van der Waals surface area contributed by atoms with Crippen LogP contribution in [0.5, 0.6) is 11.5 Å². The van der Waals surface area contributed by atoms with Crippen LogP contribution in [0.1, 0.15) is 325 Å². The van der Waals surface area contributed by atoms with Crippen molar-refractivity contribution < 1.29 is 96.4 Å². The number of carbonyl (C=O) groups excluding carboxylic acids is 12. The molecule has 34 heteroatoms. The molecular weight excluding hydrogens is 1900 g/mol. The number of likely N-dealkylation sites (N-methyl/N-ethyl adjacent to an activating group) is 2. The summed E-state index contributed by atoms with van der Waals surface area (Å²) in [5, 5.41) is 51.9. The van der Waals surface area contributed by atoms with E-state index >= 15 is 0 Å². The van der Waals surface area contributed by atoms with E-state index in [0.29, 0.717) is 108 Å². The number of quaternary nitrogens is 2. The average molecular weight is 2100 g/mol. The van der Waals surface area contributed by atoms with Gasteiger partial charge in [0.1, 0.15) is 54.2 Å². The van der Waals surface area contributed by atoms with Gasteiger partial charge >= 0.3 is 0 Å². The maximum Gasteiger partial charge on any atom is 0.253 e. The minimum absolute atomic E-state index is 0.00641. The fraction of sp³-hybridized carbons (Fsp3) is 0.640. The average Bonchev–Trinajstić information content (AvgIpc) is 0.837. The Morgan fingerprint density at radius 3 is 1.52 bits per heavy atom. The van der Waals surface area contributed by atoms with Crippen molar-refractivity contribution in [1.29, 1.82) is 5.41 Å². The van der Waals surface area contributed by atoms with E-state index in [0.717, 1.165) is 60.1 Å². The van der Waals surface area contributed by atoms with Crippen molar-refractivity contribution in [1.82, 2.24) is 30.5 Å². The van der Waals surface area contributed by atoms with Crippen molar-refractivity contribution in [3.05, 3.63) is 148 Å². The van der Waals surface area contributed by atoms with Gasteiger partial charge in [0.05, 0.1) is 104 Å². The summed E-state index contributed by atoms with van der Waals surface area (Å²) < 4.78 is 12.6. The molecule has 17 N–H and O–H groups in total. The zero-order valence-electron chi connectivity index (χ0n) is 96.4. The van der Waals surface area contributed by atoms with Gasteiger partial charge in [-0.2, -0.15) is 0 Å². The Balaban J connectivity index is -0.000000516. The minimum atomic E-state index is -0.921. The van der Waals surface area contributed by atoms with Gasteiger partial charge in [-0.1, -0.05) is 180 Å². The molecule has 0 saturated heterocycles. The smallest absolute Gasteiger partial charge is 0.253 e. The zero-order chi connectivity index (χ0) is 115. The fourth-order valence-corrected chi connectivity index (χ4v) is 12.8. The molecule has 5 rings (SSSR count). The number of amides is 3. The van der Waals surface area contributed by atoms with E-state index in [9.17, 15) is 78.0 Å². The van der Waals surface area contributed by atoms with Crippen molar-refractivity contribution in [2.24, 2.45) is 86.4 Å². The second kappa shape index (κ2) is 78.6. The summed E-state index contributed by atoms with van der Waals surface area (Å²) in [5.41, 5.74) is 29.2. The third-order valence-electron chi connectivity index (χ3n) is 21.6. The Morgan fingerprint density at radius 2 is 1.09 bits per heavy atom. The van der Waals surface area contributed by atoms with Gasteiger partial charge in [-0.05, 0) is 178 Å². The first-order chi connectivity index (χ1) is 68.2. The number of hydrogen-bond acceptors (Lipinski definition) is 24. The molecule has 3 heterocycles. The van der Waals surface area contributed by atoms with Crippen LogP contribution in [-0.2, 0) is 72.3 Å². The van der Waals surface area contributed by atoms with Crippen molar-refractivity contribution in [2.45, 2.75) is 344 Å². The third kappa shape index (κ3) is 81.4. The van der Waals surface area contributed by atoms with Crippen molar-refractivity contribution in [2.75, 3.05) is 82.1 Å². The summed E-state index contributed by atoms with van der Waals surface area (Å²) in [6, 6.07) is 22.2. The number of nitrogens with one attached hydrogen (secondary N) is 3. The zero-order valence-corrected chi connectivity index (χ0v) is 97.2. The van der Waals surface area contributed by atoms with E-state index in [4.69, 9.17) is 55.2 Å². The number of guanidine groups is 2. The van der Waals surface area contributed by atoms with Gasteiger partial charge in [0.15, 0.2) is 46.6 Å². The first-order valence-corrected chi connectivity index (χ1v) is 52.2. The van der Waals surface area contributed by atoms with Gasteiger partial charge in [0, 0.05) is 152 Å². The van der Waals surface area contributed by atoms with Gasteiger partial charge in [0.2, 0.25) is 11.8 Å². The number of pyridine rings is 3. The molecule has 3 aromatic heterocycles. The number of aryl methyl sites for hydroxylation is 1. The van der Waals surface area contributed by atoms with Crippen LogP contribution in [-0.4, -0.2) is 248 Å². The molecule has 0 spiro atoms. The highest BCUT2D eigenvalue weighted by Crippen LogP contribution is 2.31. The van der Waals surface area contributed by atoms with Crippen molar-refractivity contribution >= 4 is 93.3 Å². The Labute approximate surface area is 893 Å². The first kappa shape index (κ1) is 146. The molecule has 1 unspecified atom stereocenters. The second-order valence-electron chi connectivity index (χ2n) is 44.5. The molecule has 0 aliphatic rings. The third-order valence-corrected chi connectivity index (χ3v) is 21.8. The highest BCUT2D eigenvalue weighted by Gasteiger charge is 2.34. The highest BCUT2D eigenvalue weighted by atomic mass is 35.5. The van der Waals surface area contributed by atoms with E-state index in [1.54, 1.807) is 107 Å². The molecule has 0 fully saturated rings. The predicted octanol–water partition coefficient (Wildman–Crippen LogP) is 16.7. The van der Waals surface area contributed by atoms with Gasteiger partial charge < -0.3 is 83.1 Å². The van der Waals surface area contributed by atoms with Crippen LogP contribution in [0.25, 0.3) is 0 Å². The molecule has 4 atom stereocenters. The van der Waals surface area contributed by atoms with Crippen LogP contribution in [0.2, 0.25) is 5.02 Å². The molecule has 33 nitrogen and oxygen atoms in total. The van der Waals surface area contributed by atoms with E-state index in [1.165, 1.54) is 17.9 Å². The lowest BCUT2D eigenvalue weighted by Crippen LogP contribution is -2.43. The molecule has 0 aliphatic heterocycles. The Bertz CT molecular complexity index is 4640. The number of nitrogens with zero attached hydrogens (tertiary/aromatic N) is 7. The standard InChI is InChI=1S/C17H32O3.C16H22N2O3.C14H19NO2.C12H19NO3.C11H13ClO2.C10H14N2O.C10H22NO2.C9H20N4O.C8H20N.C7H15N3O/c1-6-7-9-14(18)10-8-11-15(19)16(20)17(4,5)12-13(2)3;1-11(2)16(21)13(8-9-14(17)19)18-15(20)10-12-6-4-3-5-7-12;1-11(2)13(16)7-3-4-8-14(17)12-6-5-9-15-10-12;1-8-11(15)10(6-14)9(5-13-8)7-16-12(2,3)4;1-8(2)11(13)7-14-10-5-3-9(12)4-6-10;1-10(2,3)12-9(13)8-5-4-6-11-7-8;1-8(2)10(13)6-9(12)7-11(3,4)5;1-6(2)8(14)7(10)4-3-5-13-9(11)12;1-8(2)6-7-9(3,4)5;1-5(2)6(11)4-10(3)7(8)9/h13,16,20H,6-12H2,1-5H3;3-7,11,13H,8-10H2,1-2H3,(H2,17,19)(H,18,20);5-6,9-11H,3-4,7-8H2,1-2H3;5,14-15H,6-7H2,1-4H3;3-6,8H,7H2,1-2H3;4-7H,1-3H3,(H,12,13);8-9,12H,6-7H2,1-5H3;6-7H,3-5,10H2,1-2H3,(H4,11,12,13);8H,6-7H2,1-5H3;5H,4H2,1-3H3,(H3,8,9)/q;;;;;;+1;;+1;/t16-;13-;;;;;;7-;;/m00.....0../s1. The number of benzene rings is 2. The topological polar surface area (TPSA) is 536 Å². The number of aliphatic hydroxyl groups excluding tert-OH is 3. The van der Waals surface area contributed by atoms with Gasteiger partial charge in [-0.25, -0.2) is 0 Å². The van der Waals surface area contributed by atoms with Crippen LogP contribution >= 0.6 is 11.6 Å². The molecule has 0 saturated carbocycles. The number of ketones is 9. The van der Waals surface area contributed by atoms with Crippen LogP contribution < -0.4 is 44.0 Å². The maximum absolute atomic E-state index is 12.1. The normalized spacial score (nSPS) is 11.9. The molecule has 5 aromatic rings. The van der Waals surface area contributed by atoms with Gasteiger partial charge in [0.25, 0.3) is 5.91 Å². The summed E-state index contributed by atoms with van der Waals surface area (Å²) in [4.78, 5) is 155. The molecular formula is C114H196ClN15O18+2. The number of rotatable bonds is 51. The molecule has 0 bridgehead atoms. The summed E-state index contributed by atoms with van der Waals surface area (Å²) in [5.74, 6) is 2.01. The monoisotopic (exact) mass is 2100 g/mol. The summed E-state index contributed by atoms with van der Waals surface area (Å²) in [6.45, 7) is 53.1. The number of aromatic nitrogens is 3. The first-order valence-electron chi connectivity index (χ1n) is 51.8. The molecule has 148 heavy (non-hydrogen) atoms. The quantitative estimate of drug-likeness (QED) is 0.00565. The van der Waals surface area contributed by atoms with Crippen LogP contribution in [0.15, 0.2) is 115 Å². The second-order valence-corrected chi connectivity index (χ2v) is 44.9. The minimum Gasteiger partial charge on any atom is -0.506 e. The number of aliphatic hydroxyl groups is 3. The van der Waals surface area contributed by atoms with Crippen LogP contribution in [0.4, 0.5) is 0 Å². The lowest BCUT2D eigenvalue weighted by atomic mass is 9.77. The Hall–Kier alpha value is -10.5. The van der Waals surface area contributed by atoms with Crippen molar-refractivity contribution in [3.8, 4) is 11.5 Å². The molecule has 840 valence electrons. The van der Waals surface area contributed by atoms with E-state index < -0.39 is 29.6 Å². The van der Waals surface area contributed by atoms with E-state index in [-0.39, 0.29) is 180 Å². The summed E-state index contributed by atoms with van der Waals surface area (Å²) >= 11 is 5.70. The summed E-state index contributed by atoms with van der Waals surface area (Å²) in [6.07, 6.45) is 17.5. The number of primary amides is 1. The van der Waals surface area contributed by atoms with E-state index in [1.807, 2.05) is 176 Å². The number of halogens is 1. The van der Waals surface area contributed by atoms with Gasteiger partial charge in [-0.3, -0.25) is 82.9 Å². The lowest BCUT2D eigenvalue weighted by Gasteiger charge is -2.31. The number of aliphatic imine (C=N–C) groups is 1. The molecule has 3 amide bonds. The van der Waals surface area contributed by atoms with E-state index in [2.05, 4.69) is 86.3 Å². The molecule has 2 aromatic carbocycles. The highest BCUT2D eigenvalue weighted by molar-refractivity contribution is 6.30. The van der Waals surface area contributed by atoms with Crippen LogP contribution in [0.3, 0.4) is 0 Å². The number of nitrogens with two attached hydrogens (primary N) is 5. The predicted molar refractivity (Wildman–Crippen MR) is 597 cm³/mol. The fourth-order valence-electron chi connectivity index (χ4n) is 12.7. The number of unbranched alkanes of at least 4 members (excludes halogenated alkanes) is 2. The molecule has 0 aliphatic carbocycles. The van der Waals surface area contributed by atoms with Crippen LogP contribution in [0, 0.1) is 65.1 Å². The largest absolute Gasteiger partial charge is 0.506 e. The Kier molecular flexibility index (Phi) is 77.5. The lowest BCUT2D eigenvalue weighted by molar-refractivity contribution is -0.873. The SMILES string of the molecule is CC(C)(C)NC(=O)c1cccnc1.CC(C)C(=O)CC(O)C[N+](C)(C)C.CC(C)C(=O)CCCCC(=O)c1cccnc1.CC(C)C(=O)CN(C)C(=N)N.CC(C)C(=O)COc1ccc(Cl)cc1.CC(C)C(=O)[C@@H](N)CCCN=C(N)N.CC(C)C(=O)[C@H](CCC(N)=O)NC(=O)Cc1ccccc1.CC(C)CC[N+](C)(C)C.CCCCC(=O)CCCC(=O)[C@H](O)C(C)(C)CC(C)C.Cc1ncc(COC(C)(C)C)c(CO)c1O. The number of aromatic hydroxyl groups is 1. The number of Topliss-reactive ketones (excluding diaryl/α,β-unsaturated/α-hetero) is 9. The number of carbonyl (C=O) groups is 12. The molecule has 0 radical (unpaired) electrons. The van der Waals surface area contributed by atoms with Crippen molar-refractivity contribution in [3.63, 3.8) is 0 Å².